The van der Waals surface area contributed by atoms with Gasteiger partial charge in [0, 0.05) is 6.54 Å². The van der Waals surface area contributed by atoms with E-state index in [0.717, 1.165) is 19.7 Å². The van der Waals surface area contributed by atoms with Crippen LogP contribution in [0, 0.1) is 0 Å². The first kappa shape index (κ1) is 13.5. The summed E-state index contributed by atoms with van der Waals surface area (Å²) in [5, 5.41) is 3.34. The van der Waals surface area contributed by atoms with Gasteiger partial charge in [-0.15, -0.1) is 0 Å². The van der Waals surface area contributed by atoms with Gasteiger partial charge in [-0.25, -0.2) is 0 Å². The lowest BCUT2D eigenvalue weighted by Crippen LogP contribution is -2.19. The summed E-state index contributed by atoms with van der Waals surface area (Å²) in [7, 11) is 0. The van der Waals surface area contributed by atoms with Gasteiger partial charge >= 0.3 is 0 Å². The molecular formula is C12H25NO. The fraction of sp³-hybridized carbons (Fsp3) is 0.833. The largest absolute Gasteiger partial charge is 0.500 e. The molecule has 14 heavy (non-hydrogen) atoms. The molecule has 0 aromatic carbocycles. The third-order valence-corrected chi connectivity index (χ3v) is 2.22. The van der Waals surface area contributed by atoms with Gasteiger partial charge in [-0.1, -0.05) is 45.6 Å². The number of rotatable bonds is 11. The zero-order chi connectivity index (χ0) is 10.5. The highest BCUT2D eigenvalue weighted by atomic mass is 16.5. The van der Waals surface area contributed by atoms with Crippen LogP contribution in [0.3, 0.4) is 0 Å². The molecule has 2 heteroatoms. The molecule has 0 aromatic heterocycles. The summed E-state index contributed by atoms with van der Waals surface area (Å²) in [4.78, 5) is 0. The summed E-state index contributed by atoms with van der Waals surface area (Å²) in [6.07, 6.45) is 9.64. The maximum atomic E-state index is 4.99. The maximum Gasteiger partial charge on any atom is 0.0997 e. The minimum atomic E-state index is 0.735. The Balaban J connectivity index is 2.81. The number of nitrogens with one attached hydrogen (secondary N) is 1. The summed E-state index contributed by atoms with van der Waals surface area (Å²) in [5.74, 6) is 0. The average molecular weight is 199 g/mol. The molecule has 0 unspecified atom stereocenters. The van der Waals surface area contributed by atoms with Crippen LogP contribution in [0.5, 0.6) is 0 Å². The van der Waals surface area contributed by atoms with Gasteiger partial charge in [-0.3, -0.25) is 0 Å². The molecule has 0 radical (unpaired) electrons. The molecule has 0 rings (SSSR count). The van der Waals surface area contributed by atoms with E-state index in [1.54, 1.807) is 0 Å². The summed E-state index contributed by atoms with van der Waals surface area (Å²) < 4.78 is 4.99. The van der Waals surface area contributed by atoms with E-state index >= 15 is 0 Å². The van der Waals surface area contributed by atoms with Crippen LogP contribution in [0.25, 0.3) is 0 Å². The van der Waals surface area contributed by atoms with Crippen LogP contribution in [0.4, 0.5) is 0 Å². The van der Waals surface area contributed by atoms with Crippen molar-refractivity contribution in [1.29, 1.82) is 0 Å². The molecule has 0 fully saturated rings. The van der Waals surface area contributed by atoms with Crippen molar-refractivity contribution in [2.45, 2.75) is 45.4 Å². The Hall–Kier alpha value is -0.500. The molecule has 0 aliphatic carbocycles. The molecule has 0 atom stereocenters. The fourth-order valence-electron chi connectivity index (χ4n) is 1.37. The molecule has 0 saturated heterocycles. The van der Waals surface area contributed by atoms with Crippen LogP contribution >= 0.6 is 0 Å². The topological polar surface area (TPSA) is 21.3 Å². The zero-order valence-corrected chi connectivity index (χ0v) is 9.56. The Morgan fingerprint density at radius 3 is 2.50 bits per heavy atom. The quantitative estimate of drug-likeness (QED) is 0.408. The van der Waals surface area contributed by atoms with Crippen molar-refractivity contribution in [3.8, 4) is 0 Å². The first-order chi connectivity index (χ1) is 6.91. The van der Waals surface area contributed by atoms with Gasteiger partial charge in [0.1, 0.15) is 0 Å². The molecule has 0 saturated carbocycles. The Morgan fingerprint density at radius 1 is 1.07 bits per heavy atom. The fourth-order valence-corrected chi connectivity index (χ4v) is 1.37. The van der Waals surface area contributed by atoms with E-state index in [-0.39, 0.29) is 0 Å². The lowest BCUT2D eigenvalue weighted by atomic mass is 10.1. The summed E-state index contributed by atoms with van der Waals surface area (Å²) in [5.41, 5.74) is 0. The Bertz CT molecular complexity index is 115. The lowest BCUT2D eigenvalue weighted by Gasteiger charge is -2.04. The summed E-state index contributed by atoms with van der Waals surface area (Å²) >= 11 is 0. The van der Waals surface area contributed by atoms with Crippen molar-refractivity contribution >= 4 is 0 Å². The third kappa shape index (κ3) is 11.5. The summed E-state index contributed by atoms with van der Waals surface area (Å²) in [6, 6.07) is 0. The third-order valence-electron chi connectivity index (χ3n) is 2.22. The Labute approximate surface area is 88.7 Å². The second-order valence-corrected chi connectivity index (χ2v) is 3.56. The van der Waals surface area contributed by atoms with Crippen LogP contribution in [0.1, 0.15) is 45.4 Å². The number of ether oxygens (including phenoxy) is 1. The molecule has 0 aliphatic rings. The highest BCUT2D eigenvalue weighted by molar-refractivity contribution is 4.52. The minimum Gasteiger partial charge on any atom is -0.500 e. The SMILES string of the molecule is C=COCCNCCCCCCCC. The number of hydrogen-bond acceptors (Lipinski definition) is 2. The van der Waals surface area contributed by atoms with Crippen LogP contribution < -0.4 is 5.32 Å². The lowest BCUT2D eigenvalue weighted by molar-refractivity contribution is 0.250. The van der Waals surface area contributed by atoms with Gasteiger partial charge in [-0.2, -0.15) is 0 Å². The monoisotopic (exact) mass is 199 g/mol. The zero-order valence-electron chi connectivity index (χ0n) is 9.56. The van der Waals surface area contributed by atoms with Crippen LogP contribution in [-0.4, -0.2) is 19.7 Å². The van der Waals surface area contributed by atoms with Gasteiger partial charge < -0.3 is 10.1 Å². The van der Waals surface area contributed by atoms with Crippen molar-refractivity contribution in [3.63, 3.8) is 0 Å². The van der Waals surface area contributed by atoms with Crippen molar-refractivity contribution in [2.24, 2.45) is 0 Å². The average Bonchev–Trinajstić information content (AvgIpc) is 2.21. The van der Waals surface area contributed by atoms with Crippen molar-refractivity contribution in [2.75, 3.05) is 19.7 Å². The Morgan fingerprint density at radius 2 is 1.79 bits per heavy atom. The molecule has 0 spiro atoms. The first-order valence-electron chi connectivity index (χ1n) is 5.85. The predicted octanol–water partition coefficient (Wildman–Crippen LogP) is 3.10. The minimum absolute atomic E-state index is 0.735. The first-order valence-corrected chi connectivity index (χ1v) is 5.85. The van der Waals surface area contributed by atoms with Crippen molar-refractivity contribution in [3.05, 3.63) is 12.8 Å². The van der Waals surface area contributed by atoms with E-state index in [4.69, 9.17) is 4.74 Å². The Kier molecular flexibility index (Phi) is 12.1. The highest BCUT2D eigenvalue weighted by Gasteiger charge is 1.90. The molecule has 1 N–H and O–H groups in total. The smallest absolute Gasteiger partial charge is 0.0997 e. The van der Waals surface area contributed by atoms with E-state index in [1.807, 2.05) is 0 Å². The van der Waals surface area contributed by atoms with Gasteiger partial charge in [0.15, 0.2) is 0 Å². The van der Waals surface area contributed by atoms with E-state index in [1.165, 1.54) is 44.8 Å². The molecule has 0 aliphatic heterocycles. The molecular weight excluding hydrogens is 174 g/mol. The van der Waals surface area contributed by atoms with Crippen LogP contribution in [0.15, 0.2) is 12.8 Å². The second kappa shape index (κ2) is 12.5. The van der Waals surface area contributed by atoms with E-state index in [2.05, 4.69) is 18.8 Å². The highest BCUT2D eigenvalue weighted by Crippen LogP contribution is 2.03. The van der Waals surface area contributed by atoms with E-state index in [9.17, 15) is 0 Å². The van der Waals surface area contributed by atoms with E-state index in [0.29, 0.717) is 0 Å². The maximum absolute atomic E-state index is 4.99. The number of unbranched alkanes of at least 4 members (excludes halogenated alkanes) is 5. The van der Waals surface area contributed by atoms with Crippen molar-refractivity contribution < 1.29 is 4.74 Å². The summed E-state index contributed by atoms with van der Waals surface area (Å²) in [6.45, 7) is 8.52. The van der Waals surface area contributed by atoms with E-state index < -0.39 is 0 Å². The molecule has 0 aromatic rings. The molecule has 2 nitrogen and oxygen atoms in total. The van der Waals surface area contributed by atoms with Gasteiger partial charge in [0.25, 0.3) is 0 Å². The van der Waals surface area contributed by atoms with Gasteiger partial charge in [0.05, 0.1) is 12.9 Å². The second-order valence-electron chi connectivity index (χ2n) is 3.56. The number of hydrogen-bond donors (Lipinski definition) is 1. The van der Waals surface area contributed by atoms with Crippen LogP contribution in [-0.2, 0) is 4.74 Å². The molecule has 0 heterocycles. The normalized spacial score (nSPS) is 10.1. The van der Waals surface area contributed by atoms with Crippen molar-refractivity contribution in [1.82, 2.24) is 5.32 Å². The molecule has 0 amide bonds. The molecule has 84 valence electrons. The van der Waals surface area contributed by atoms with Crippen LogP contribution in [0.2, 0.25) is 0 Å². The standard InChI is InChI=1S/C12H25NO/c1-3-5-6-7-8-9-10-13-11-12-14-4-2/h4,13H,2-3,5-12H2,1H3. The predicted molar refractivity (Wildman–Crippen MR) is 62.4 cm³/mol. The van der Waals surface area contributed by atoms with Gasteiger partial charge in [-0.05, 0) is 13.0 Å². The molecule has 0 bridgehead atoms. The van der Waals surface area contributed by atoms with Gasteiger partial charge in [0.2, 0.25) is 0 Å².